The van der Waals surface area contributed by atoms with Crippen LogP contribution in [-0.2, 0) is 0 Å². The van der Waals surface area contributed by atoms with Crippen LogP contribution >= 0.6 is 23.4 Å². The van der Waals surface area contributed by atoms with Crippen molar-refractivity contribution < 1.29 is 9.53 Å². The summed E-state index contributed by atoms with van der Waals surface area (Å²) in [6, 6.07) is 11.5. The largest absolute Gasteiger partial charge is 0.496 e. The number of ether oxygens (including phenoxy) is 1. The van der Waals surface area contributed by atoms with E-state index in [1.165, 1.54) is 11.8 Å². The predicted molar refractivity (Wildman–Crippen MR) is 83.2 cm³/mol. The molecule has 1 heterocycles. The Hall–Kier alpha value is -1.71. The number of fused-ring (bicyclic) bond motifs is 2. The van der Waals surface area contributed by atoms with Crippen LogP contribution in [0.2, 0.25) is 5.02 Å². The molecule has 0 aromatic heterocycles. The fourth-order valence-corrected chi connectivity index (χ4v) is 3.98. The average Bonchev–Trinajstić information content (AvgIpc) is 2.79. The molecule has 20 heavy (non-hydrogen) atoms. The van der Waals surface area contributed by atoms with Gasteiger partial charge in [0.05, 0.1) is 7.11 Å². The van der Waals surface area contributed by atoms with E-state index < -0.39 is 0 Å². The van der Waals surface area contributed by atoms with Crippen molar-refractivity contribution in [2.24, 2.45) is 0 Å². The Bertz CT molecular complexity index is 902. The van der Waals surface area contributed by atoms with E-state index in [9.17, 15) is 4.79 Å². The van der Waals surface area contributed by atoms with Crippen LogP contribution < -0.4 is 4.74 Å². The molecule has 0 atom stereocenters. The van der Waals surface area contributed by atoms with Crippen LogP contribution in [0.1, 0.15) is 10.4 Å². The molecule has 0 saturated heterocycles. The molecule has 4 heteroatoms. The highest BCUT2D eigenvalue weighted by Crippen LogP contribution is 2.47. The number of halogens is 1. The average molecular weight is 301 g/mol. The van der Waals surface area contributed by atoms with Gasteiger partial charge in [0, 0.05) is 26.3 Å². The summed E-state index contributed by atoms with van der Waals surface area (Å²) < 4.78 is 5.43. The Morgan fingerprint density at radius 1 is 1.10 bits per heavy atom. The lowest BCUT2D eigenvalue weighted by atomic mass is 9.99. The summed E-state index contributed by atoms with van der Waals surface area (Å²) in [5.41, 5.74) is 0.752. The van der Waals surface area contributed by atoms with Crippen molar-refractivity contribution in [3.05, 3.63) is 47.0 Å². The van der Waals surface area contributed by atoms with E-state index >= 15 is 0 Å². The molecule has 4 rings (SSSR count). The molecule has 0 N–H and O–H groups in total. The van der Waals surface area contributed by atoms with Gasteiger partial charge in [-0.25, -0.2) is 0 Å². The van der Waals surface area contributed by atoms with E-state index in [0.717, 1.165) is 37.8 Å². The number of benzene rings is 3. The van der Waals surface area contributed by atoms with Crippen LogP contribution in [0, 0.1) is 0 Å². The van der Waals surface area contributed by atoms with Crippen molar-refractivity contribution in [2.45, 2.75) is 4.90 Å². The smallest absolute Gasteiger partial charge is 0.224 e. The van der Waals surface area contributed by atoms with E-state index in [1.54, 1.807) is 7.11 Å². The first kappa shape index (κ1) is 12.1. The van der Waals surface area contributed by atoms with Gasteiger partial charge in [0.1, 0.15) is 5.75 Å². The van der Waals surface area contributed by atoms with E-state index in [2.05, 4.69) is 6.07 Å². The highest BCUT2D eigenvalue weighted by atomic mass is 35.5. The summed E-state index contributed by atoms with van der Waals surface area (Å²) in [6.45, 7) is 0. The van der Waals surface area contributed by atoms with Gasteiger partial charge in [0.25, 0.3) is 0 Å². The quantitative estimate of drug-likeness (QED) is 0.598. The fraction of sp³-hybridized carbons (Fsp3) is 0.0625. The van der Waals surface area contributed by atoms with Gasteiger partial charge < -0.3 is 4.74 Å². The molecule has 0 amide bonds. The van der Waals surface area contributed by atoms with Gasteiger partial charge in [-0.1, -0.05) is 17.7 Å². The van der Waals surface area contributed by atoms with Crippen molar-refractivity contribution in [2.75, 3.05) is 7.11 Å². The number of carbonyl (C=O) groups is 1. The zero-order valence-electron chi connectivity index (χ0n) is 10.6. The summed E-state index contributed by atoms with van der Waals surface area (Å²) in [6.07, 6.45) is 0. The van der Waals surface area contributed by atoms with E-state index in [-0.39, 0.29) is 5.12 Å². The number of methoxy groups -OCH3 is 1. The molecule has 3 aromatic rings. The van der Waals surface area contributed by atoms with Crippen molar-refractivity contribution in [3.63, 3.8) is 0 Å². The minimum Gasteiger partial charge on any atom is -0.496 e. The summed E-state index contributed by atoms with van der Waals surface area (Å²) in [5, 5.41) is 4.81. The Labute approximate surface area is 124 Å². The Morgan fingerprint density at radius 3 is 2.75 bits per heavy atom. The van der Waals surface area contributed by atoms with Gasteiger partial charge in [-0.3, -0.25) is 4.79 Å². The highest BCUT2D eigenvalue weighted by Gasteiger charge is 2.26. The first-order valence-corrected chi connectivity index (χ1v) is 7.33. The van der Waals surface area contributed by atoms with Crippen LogP contribution in [0.5, 0.6) is 5.75 Å². The summed E-state index contributed by atoms with van der Waals surface area (Å²) in [5.74, 6) is 0.789. The van der Waals surface area contributed by atoms with Crippen LogP contribution in [-0.4, -0.2) is 12.2 Å². The van der Waals surface area contributed by atoms with E-state index in [0.29, 0.717) is 5.02 Å². The summed E-state index contributed by atoms with van der Waals surface area (Å²) >= 11 is 7.37. The summed E-state index contributed by atoms with van der Waals surface area (Å²) in [7, 11) is 1.65. The van der Waals surface area contributed by atoms with E-state index in [4.69, 9.17) is 16.3 Å². The third-order valence-corrected chi connectivity index (χ3v) is 4.90. The molecule has 0 spiro atoms. The van der Waals surface area contributed by atoms with E-state index in [1.807, 2.05) is 30.3 Å². The number of carbonyl (C=O) groups excluding carboxylic acids is 1. The van der Waals surface area contributed by atoms with Crippen molar-refractivity contribution in [3.8, 4) is 5.75 Å². The molecule has 1 aliphatic heterocycles. The van der Waals surface area contributed by atoms with Crippen molar-refractivity contribution in [1.29, 1.82) is 0 Å². The maximum Gasteiger partial charge on any atom is 0.224 e. The van der Waals surface area contributed by atoms with Crippen molar-refractivity contribution >= 4 is 50.0 Å². The van der Waals surface area contributed by atoms with Crippen LogP contribution in [0.15, 0.2) is 41.3 Å². The fourth-order valence-electron chi connectivity index (χ4n) is 2.73. The van der Waals surface area contributed by atoms with Gasteiger partial charge >= 0.3 is 0 Å². The highest BCUT2D eigenvalue weighted by molar-refractivity contribution is 8.15. The Morgan fingerprint density at radius 2 is 1.95 bits per heavy atom. The minimum absolute atomic E-state index is 0.0835. The second kappa shape index (κ2) is 4.14. The predicted octanol–water partition coefficient (Wildman–Crippen LogP) is 4.90. The molecule has 1 aliphatic rings. The zero-order valence-corrected chi connectivity index (χ0v) is 12.1. The molecular formula is C16H9ClO2S. The second-order valence-electron chi connectivity index (χ2n) is 4.70. The molecular weight excluding hydrogens is 292 g/mol. The molecule has 0 radical (unpaired) electrons. The number of hydrogen-bond donors (Lipinski definition) is 0. The maximum absolute atomic E-state index is 12.2. The molecule has 0 bridgehead atoms. The van der Waals surface area contributed by atoms with Crippen molar-refractivity contribution in [1.82, 2.24) is 0 Å². The second-order valence-corrected chi connectivity index (χ2v) is 6.12. The van der Waals surface area contributed by atoms with Gasteiger partial charge in [0.15, 0.2) is 0 Å². The first-order valence-electron chi connectivity index (χ1n) is 6.14. The normalized spacial score (nSPS) is 13.4. The molecule has 2 nitrogen and oxygen atoms in total. The van der Waals surface area contributed by atoms with Crippen LogP contribution in [0.4, 0.5) is 0 Å². The maximum atomic E-state index is 12.2. The lowest BCUT2D eigenvalue weighted by Gasteiger charge is -2.09. The van der Waals surface area contributed by atoms with Crippen LogP contribution in [0.3, 0.4) is 0 Å². The third kappa shape index (κ3) is 1.51. The number of hydrogen-bond acceptors (Lipinski definition) is 3. The standard InChI is InChI=1S/C16H9ClO2S/c1-19-13-5-4-10-14-12(13)6-8-2-3-9(17)7-11(8)15(14)20-16(10)18/h2-7H,1H3. The number of thioether (sulfide) groups is 1. The van der Waals surface area contributed by atoms with Gasteiger partial charge in [-0.2, -0.15) is 0 Å². The third-order valence-electron chi connectivity index (χ3n) is 3.63. The van der Waals surface area contributed by atoms with Gasteiger partial charge in [-0.05, 0) is 52.9 Å². The Balaban J connectivity index is 2.27. The first-order chi connectivity index (χ1) is 9.69. The lowest BCUT2D eigenvalue weighted by Crippen LogP contribution is -1.90. The molecule has 0 fully saturated rings. The Kier molecular flexibility index (Phi) is 2.50. The molecule has 3 aromatic carbocycles. The summed E-state index contributed by atoms with van der Waals surface area (Å²) in [4.78, 5) is 13.1. The number of rotatable bonds is 1. The molecule has 0 unspecified atom stereocenters. The van der Waals surface area contributed by atoms with Gasteiger partial charge in [0.2, 0.25) is 5.12 Å². The van der Waals surface area contributed by atoms with Crippen LogP contribution in [0.25, 0.3) is 21.5 Å². The molecule has 0 saturated carbocycles. The monoisotopic (exact) mass is 300 g/mol. The molecule has 0 aliphatic carbocycles. The topological polar surface area (TPSA) is 26.3 Å². The van der Waals surface area contributed by atoms with Gasteiger partial charge in [-0.15, -0.1) is 0 Å². The zero-order chi connectivity index (χ0) is 13.9. The minimum atomic E-state index is 0.0835. The molecule has 98 valence electrons. The lowest BCUT2D eigenvalue weighted by molar-refractivity contribution is 0.109. The SMILES string of the molecule is COc1ccc2c3c(c4cc(Cl)ccc4cc13)SC2=O.